The molecule has 0 spiro atoms. The minimum atomic E-state index is -2.63. The van der Waals surface area contributed by atoms with Crippen LogP contribution in [0.1, 0.15) is 43.7 Å². The van der Waals surface area contributed by atoms with Gasteiger partial charge in [-0.25, -0.2) is 0 Å². The Bertz CT molecular complexity index is 1100. The zero-order chi connectivity index (χ0) is 27.7. The molecule has 0 aliphatic heterocycles. The maximum absolute atomic E-state index is 14.0. The summed E-state index contributed by atoms with van der Waals surface area (Å²) in [6, 6.07) is 2.90. The van der Waals surface area contributed by atoms with Gasteiger partial charge in [0.1, 0.15) is 11.5 Å². The van der Waals surface area contributed by atoms with E-state index in [0.717, 1.165) is 24.1 Å². The molecule has 5 N–H and O–H groups in total. The third-order valence-electron chi connectivity index (χ3n) is 7.58. The number of aliphatic hydroxyl groups excluding tert-OH is 2. The van der Waals surface area contributed by atoms with Gasteiger partial charge in [-0.3, -0.25) is 14.4 Å². The number of fused-ring (bicyclic) bond motifs is 2. The molecule has 0 bridgehead atoms. The molecule has 0 radical (unpaired) electrons. The lowest BCUT2D eigenvalue weighted by Gasteiger charge is -2.47. The van der Waals surface area contributed by atoms with Crippen molar-refractivity contribution in [1.29, 1.82) is 0 Å². The van der Waals surface area contributed by atoms with Gasteiger partial charge in [0.2, 0.25) is 11.7 Å². The molecule has 1 saturated carbocycles. The monoisotopic (exact) mass is 517 g/mol. The lowest BCUT2D eigenvalue weighted by Crippen LogP contribution is -2.64. The van der Waals surface area contributed by atoms with Gasteiger partial charge in [-0.2, -0.15) is 0 Å². The van der Waals surface area contributed by atoms with E-state index in [0.29, 0.717) is 24.3 Å². The fraction of sp³-hybridized carbons (Fsp3) is 0.593. The van der Waals surface area contributed by atoms with Crippen LogP contribution in [0.4, 0.5) is 5.69 Å². The number of amides is 1. The summed E-state index contributed by atoms with van der Waals surface area (Å²) in [6.45, 7) is 2.03. The van der Waals surface area contributed by atoms with Gasteiger partial charge in [0.05, 0.1) is 25.2 Å². The summed E-state index contributed by atoms with van der Waals surface area (Å²) in [5.41, 5.74) is 4.57. The van der Waals surface area contributed by atoms with Gasteiger partial charge < -0.3 is 35.6 Å². The van der Waals surface area contributed by atoms with Crippen molar-refractivity contribution in [3.8, 4) is 5.75 Å². The van der Waals surface area contributed by atoms with Crippen molar-refractivity contribution in [2.24, 2.45) is 17.6 Å². The van der Waals surface area contributed by atoms with E-state index in [1.165, 1.54) is 0 Å². The van der Waals surface area contributed by atoms with Crippen LogP contribution >= 0.6 is 0 Å². The van der Waals surface area contributed by atoms with Crippen LogP contribution in [-0.2, 0) is 20.8 Å². The van der Waals surface area contributed by atoms with E-state index < -0.39 is 54.0 Å². The van der Waals surface area contributed by atoms with Crippen LogP contribution in [0.3, 0.4) is 0 Å². The number of rotatable bonds is 11. The Hall–Kier alpha value is -2.95. The molecule has 0 saturated heterocycles. The second kappa shape index (κ2) is 11.2. The SMILES string of the molecule is CCCCOc1ccc(N(C)C)c2c1C(O)=C1C(=O)C(O)(C(=O)CC(N)=O)[C@H]([C@@H](CO)N(C)C)C[C@@H]1C2. The van der Waals surface area contributed by atoms with E-state index in [-0.39, 0.29) is 17.8 Å². The number of primary amides is 1. The third-order valence-corrected chi connectivity index (χ3v) is 7.58. The van der Waals surface area contributed by atoms with Crippen LogP contribution in [0, 0.1) is 11.8 Å². The molecule has 2 aliphatic carbocycles. The lowest BCUT2D eigenvalue weighted by atomic mass is 9.60. The average Bonchev–Trinajstić information content (AvgIpc) is 2.81. The number of nitrogens with zero attached hydrogens (tertiary/aromatic N) is 2. The van der Waals surface area contributed by atoms with Crippen molar-refractivity contribution >= 4 is 28.9 Å². The summed E-state index contributed by atoms with van der Waals surface area (Å²) in [5.74, 6) is -4.44. The third kappa shape index (κ3) is 5.10. The van der Waals surface area contributed by atoms with Gasteiger partial charge in [0, 0.05) is 37.3 Å². The Morgan fingerprint density at radius 3 is 2.46 bits per heavy atom. The topological polar surface area (TPSA) is 154 Å². The predicted octanol–water partition coefficient (Wildman–Crippen LogP) is 1.06. The van der Waals surface area contributed by atoms with Gasteiger partial charge in [-0.15, -0.1) is 0 Å². The van der Waals surface area contributed by atoms with Crippen LogP contribution < -0.4 is 15.4 Å². The Morgan fingerprint density at radius 1 is 1.24 bits per heavy atom. The van der Waals surface area contributed by atoms with Crippen molar-refractivity contribution < 1.29 is 34.4 Å². The molecule has 4 atom stereocenters. The minimum Gasteiger partial charge on any atom is -0.507 e. The molecule has 1 amide bonds. The molecule has 10 heteroatoms. The molecule has 1 fully saturated rings. The molecule has 0 aromatic heterocycles. The zero-order valence-electron chi connectivity index (χ0n) is 22.3. The van der Waals surface area contributed by atoms with Gasteiger partial charge in [-0.1, -0.05) is 13.3 Å². The quantitative estimate of drug-likeness (QED) is 0.249. The highest BCUT2D eigenvalue weighted by molar-refractivity contribution is 6.23. The van der Waals surface area contributed by atoms with E-state index in [1.54, 1.807) is 25.1 Å². The van der Waals surface area contributed by atoms with Crippen molar-refractivity contribution in [2.45, 2.75) is 50.7 Å². The summed E-state index contributed by atoms with van der Waals surface area (Å²) >= 11 is 0. The molecule has 10 nitrogen and oxygen atoms in total. The summed E-state index contributed by atoms with van der Waals surface area (Å²) in [4.78, 5) is 42.3. The molecular weight excluding hydrogens is 478 g/mol. The lowest BCUT2D eigenvalue weighted by molar-refractivity contribution is -0.163. The number of anilines is 1. The summed E-state index contributed by atoms with van der Waals surface area (Å²) in [6.07, 6.45) is 1.37. The molecule has 0 heterocycles. The fourth-order valence-corrected chi connectivity index (χ4v) is 5.68. The second-order valence-corrected chi connectivity index (χ2v) is 10.4. The normalized spacial score (nSPS) is 23.9. The number of ether oxygens (including phenoxy) is 1. The van der Waals surface area contributed by atoms with Gasteiger partial charge >= 0.3 is 0 Å². The first-order valence-electron chi connectivity index (χ1n) is 12.7. The largest absolute Gasteiger partial charge is 0.507 e. The number of hydrogen-bond donors (Lipinski definition) is 4. The van der Waals surface area contributed by atoms with Crippen molar-refractivity contribution in [1.82, 2.24) is 4.90 Å². The maximum Gasteiger partial charge on any atom is 0.225 e. The highest BCUT2D eigenvalue weighted by Gasteiger charge is 2.60. The van der Waals surface area contributed by atoms with Crippen molar-refractivity contribution in [3.05, 3.63) is 28.8 Å². The number of Topliss-reactive ketones (excluding diaryl/α,β-unsaturated/α-hetero) is 2. The number of carbonyl (C=O) groups is 3. The number of aliphatic hydroxyl groups is 3. The van der Waals surface area contributed by atoms with Crippen LogP contribution in [0.5, 0.6) is 5.75 Å². The van der Waals surface area contributed by atoms with Crippen molar-refractivity contribution in [3.63, 3.8) is 0 Å². The Kier molecular flexibility index (Phi) is 8.66. The number of unbranched alkanes of at least 4 members (excludes halogenated alkanes) is 1. The molecule has 1 aromatic carbocycles. The Balaban J connectivity index is 2.24. The molecule has 37 heavy (non-hydrogen) atoms. The molecule has 204 valence electrons. The number of likely N-dealkylation sites (N-methyl/N-ethyl adjacent to an activating group) is 1. The van der Waals surface area contributed by atoms with Crippen LogP contribution in [0.25, 0.3) is 5.76 Å². The smallest absolute Gasteiger partial charge is 0.225 e. The first kappa shape index (κ1) is 28.6. The van der Waals surface area contributed by atoms with E-state index in [1.807, 2.05) is 32.0 Å². The van der Waals surface area contributed by atoms with E-state index in [9.17, 15) is 29.7 Å². The highest BCUT2D eigenvalue weighted by atomic mass is 16.5. The van der Waals surface area contributed by atoms with E-state index in [4.69, 9.17) is 10.5 Å². The molecular formula is C27H39N3O7. The van der Waals surface area contributed by atoms with Gasteiger partial charge in [-0.05, 0) is 57.0 Å². The first-order chi connectivity index (χ1) is 17.4. The Labute approximate surface area is 217 Å². The van der Waals surface area contributed by atoms with E-state index in [2.05, 4.69) is 0 Å². The van der Waals surface area contributed by atoms with Crippen LogP contribution in [-0.4, -0.2) is 90.7 Å². The molecule has 2 aliphatic rings. The number of carbonyl (C=O) groups excluding carboxylic acids is 3. The summed E-state index contributed by atoms with van der Waals surface area (Å²) < 4.78 is 5.97. The van der Waals surface area contributed by atoms with Crippen molar-refractivity contribution in [2.75, 3.05) is 46.3 Å². The molecule has 1 unspecified atom stereocenters. The number of ketones is 2. The predicted molar refractivity (Wildman–Crippen MR) is 139 cm³/mol. The number of nitrogens with two attached hydrogens (primary N) is 1. The first-order valence-corrected chi connectivity index (χ1v) is 12.7. The highest BCUT2D eigenvalue weighted by Crippen LogP contribution is 2.51. The number of benzene rings is 1. The van der Waals surface area contributed by atoms with Crippen LogP contribution in [0.15, 0.2) is 17.7 Å². The van der Waals surface area contributed by atoms with E-state index >= 15 is 0 Å². The molecule has 3 rings (SSSR count). The number of hydrogen-bond acceptors (Lipinski definition) is 9. The van der Waals surface area contributed by atoms with Crippen LogP contribution in [0.2, 0.25) is 0 Å². The van der Waals surface area contributed by atoms with Gasteiger partial charge in [0.25, 0.3) is 0 Å². The Morgan fingerprint density at radius 2 is 1.92 bits per heavy atom. The zero-order valence-corrected chi connectivity index (χ0v) is 22.3. The average molecular weight is 518 g/mol. The minimum absolute atomic E-state index is 0.0595. The maximum atomic E-state index is 14.0. The summed E-state index contributed by atoms with van der Waals surface area (Å²) in [7, 11) is 7.11. The summed E-state index contributed by atoms with van der Waals surface area (Å²) in [5, 5.41) is 33.4. The second-order valence-electron chi connectivity index (χ2n) is 10.4. The van der Waals surface area contributed by atoms with Gasteiger partial charge in [0.15, 0.2) is 11.4 Å². The fourth-order valence-electron chi connectivity index (χ4n) is 5.68. The standard InChI is InChI=1S/C27H39N3O7/c1-6-7-10-37-20-9-8-18(29(2)3)16-11-15-12-17(19(14-31)30(4)5)27(36,21(32)13-22(28)33)26(35)23(15)25(34)24(16)20/h8-9,15,17,19,31,34,36H,6-7,10-14H2,1-5H3,(H2,28,33)/t15-,17-,19+,27?/m0/s1. The molecule has 1 aromatic rings.